The fourth-order valence-corrected chi connectivity index (χ4v) is 23.1. The molecule has 0 aliphatic heterocycles. The third kappa shape index (κ3) is 25.7. The third-order valence-corrected chi connectivity index (χ3v) is 29.8. The van der Waals surface area contributed by atoms with E-state index in [1.165, 1.54) is 63.9 Å². The number of Topliss-reactive ketones (excluding diaryl/α,β-unsaturated/α-hetero) is 5. The van der Waals surface area contributed by atoms with E-state index in [9.17, 15) is 77.5 Å². The van der Waals surface area contributed by atoms with Crippen molar-refractivity contribution in [2.75, 3.05) is 46.4 Å². The van der Waals surface area contributed by atoms with E-state index in [0.29, 0.717) is 61.0 Å². The Morgan fingerprint density at radius 3 is 1.05 bits per heavy atom. The summed E-state index contributed by atoms with van der Waals surface area (Å²) >= 11 is 1.73. The minimum Gasteiger partial charge on any atom is -0.453 e. The van der Waals surface area contributed by atoms with Crippen LogP contribution in [0.2, 0.25) is 0 Å². The summed E-state index contributed by atoms with van der Waals surface area (Å²) in [6, 6.07) is 24.0. The van der Waals surface area contributed by atoms with Crippen molar-refractivity contribution in [3.05, 3.63) is 309 Å². The number of hydrogen-bond donors (Lipinski definition) is 6. The van der Waals surface area contributed by atoms with Crippen molar-refractivity contribution < 1.29 is 91.7 Å². The van der Waals surface area contributed by atoms with Crippen LogP contribution in [0.5, 0.6) is 0 Å². The third-order valence-electron chi connectivity index (χ3n) is 28.0. The maximum Gasteiger partial charge on any atom is 0.409 e. The second-order valence-corrected chi connectivity index (χ2v) is 40.2. The minimum atomic E-state index is -0.970. The molecule has 16 atom stereocenters. The van der Waals surface area contributed by atoms with E-state index >= 15 is 0 Å². The van der Waals surface area contributed by atoms with Crippen LogP contribution in [0.4, 0.5) is 63.5 Å². The van der Waals surface area contributed by atoms with Gasteiger partial charge < -0.3 is 58.4 Å². The number of carbonyl (C=O) groups is 7. The summed E-state index contributed by atoms with van der Waals surface area (Å²) in [5.74, 6) is -9.59. The molecular weight excluding hydrogens is 1980 g/mol. The molecule has 13 aromatic rings. The second-order valence-electron chi connectivity index (χ2n) is 38.1. The number of pyridine rings is 6. The van der Waals surface area contributed by atoms with Crippen molar-refractivity contribution in [2.45, 2.75) is 190 Å². The average molecular weight is 2090 g/mol. The number of thiazole rings is 2. The number of anilines is 2. The molecule has 4 aliphatic carbocycles. The smallest absolute Gasteiger partial charge is 0.409 e. The molecule has 4 aromatic carbocycles. The predicted octanol–water partition coefficient (Wildman–Crippen LogP) is 18.6. The summed E-state index contributed by atoms with van der Waals surface area (Å²) in [6.07, 6.45) is 21.1. The maximum atomic E-state index is 14.5. The first-order valence-corrected chi connectivity index (χ1v) is 49.9. The number of nitrogen functional groups attached to an aromatic ring is 2. The van der Waals surface area contributed by atoms with E-state index in [1.54, 1.807) is 84.5 Å². The molecule has 0 spiro atoms. The summed E-state index contributed by atoms with van der Waals surface area (Å²) in [5, 5.41) is 4.47. The number of ketones is 5. The van der Waals surface area contributed by atoms with E-state index in [4.69, 9.17) is 48.6 Å². The van der Waals surface area contributed by atoms with Gasteiger partial charge in [0, 0.05) is 120 Å². The normalized spacial score (nSPS) is 21.5. The lowest BCUT2D eigenvalue weighted by Gasteiger charge is -2.43. The van der Waals surface area contributed by atoms with Crippen LogP contribution < -0.4 is 34.4 Å². The molecule has 2 amide bonds. The van der Waals surface area contributed by atoms with E-state index < -0.39 is 104 Å². The first kappa shape index (κ1) is 110. The van der Waals surface area contributed by atoms with Crippen LogP contribution in [0.25, 0.3) is 43.7 Å². The van der Waals surface area contributed by atoms with Gasteiger partial charge in [-0.3, -0.25) is 43.9 Å². The highest BCUT2D eigenvalue weighted by molar-refractivity contribution is 7.19. The number of rotatable bonds is 27. The molecule has 41 heteroatoms. The van der Waals surface area contributed by atoms with Crippen LogP contribution in [-0.4, -0.2) is 183 Å². The van der Waals surface area contributed by atoms with Gasteiger partial charge in [0.05, 0.1) is 67.3 Å². The van der Waals surface area contributed by atoms with Crippen molar-refractivity contribution in [1.29, 1.82) is 0 Å². The summed E-state index contributed by atoms with van der Waals surface area (Å²) < 4.78 is 160. The maximum absolute atomic E-state index is 14.5. The van der Waals surface area contributed by atoms with Gasteiger partial charge in [0.15, 0.2) is 23.1 Å². The first-order chi connectivity index (χ1) is 71.2. The number of halogens is 10. The average Bonchev–Trinajstić information content (AvgIpc) is 1.50. The standard InChI is InChI=1S/C29H30F3N3O3.C27H25F3N6O.2C26H29F2N5O3S/c1-16-12-18(13-24(33)29(16)38-11-9-17(2)36)20-8-10-34-15-19(20)14-26(37)25-7-6-23(32)28(35-25)27-21(30)4-3-5-22(27)31;1-15-9-16(10-22(31)27(15)36-14-33-13-34-36)18-7-8-32-12-17(18)11-24(37)23-6-5-21(30)26(35-23)25-19(28)3-2-4-20(25)29;2*1-13-9-14(10-19(29)23(13)33(2)26(35)36-3)16-7-8-31-12-15(16)11-20(34)22-24(30)37-25(32-22)21-17(27)5-4-6-18(21)28/h3-8,10,15-16,18,24,29H,9,11-14,33H2,1-2H3;2-8,12-16,22,27H,9-11,31H2,1H3;2*4-8,12-14,19,23H,9-11,29-30H2,1-3H3/t16-,18+,24+,29+;15-,16+,22+,27-;2*13-,14+,19+,23-/m1110/s1. The molecule has 782 valence electrons. The highest BCUT2D eigenvalue weighted by Gasteiger charge is 2.44. The summed E-state index contributed by atoms with van der Waals surface area (Å²) in [4.78, 5) is 129. The van der Waals surface area contributed by atoms with Gasteiger partial charge in [-0.15, -0.1) is 0 Å². The lowest BCUT2D eigenvalue weighted by atomic mass is 9.72. The minimum absolute atomic E-state index is 0.00991. The Labute approximate surface area is 860 Å². The zero-order valence-electron chi connectivity index (χ0n) is 82.9. The zero-order chi connectivity index (χ0) is 107. The molecule has 0 unspecified atom stereocenters. The van der Waals surface area contributed by atoms with Crippen molar-refractivity contribution in [3.8, 4) is 43.7 Å². The van der Waals surface area contributed by atoms with Gasteiger partial charge >= 0.3 is 12.2 Å². The van der Waals surface area contributed by atoms with Gasteiger partial charge in [0.1, 0.15) is 131 Å². The lowest BCUT2D eigenvalue weighted by Crippen LogP contribution is -2.55. The Hall–Kier alpha value is -14.2. The number of amides is 2. The molecule has 29 nitrogen and oxygen atoms in total. The summed E-state index contributed by atoms with van der Waals surface area (Å²) in [5.41, 5.74) is 41.6. The van der Waals surface area contributed by atoms with Gasteiger partial charge in [-0.2, -0.15) is 5.10 Å². The van der Waals surface area contributed by atoms with Crippen LogP contribution in [0, 0.1) is 81.8 Å². The Kier molecular flexibility index (Phi) is 36.5. The molecule has 4 aliphatic rings. The highest BCUT2D eigenvalue weighted by Crippen LogP contribution is 2.47. The largest absolute Gasteiger partial charge is 0.453 e. The number of benzene rings is 4. The predicted molar refractivity (Wildman–Crippen MR) is 540 cm³/mol. The quantitative estimate of drug-likeness (QED) is 0.0206. The number of aromatic nitrogens is 11. The molecule has 0 saturated heterocycles. The highest BCUT2D eigenvalue weighted by atomic mass is 32.1. The van der Waals surface area contributed by atoms with Crippen LogP contribution in [0.1, 0.15) is 209 Å². The number of nitrogens with zero attached hydrogens (tertiary/aromatic N) is 13. The van der Waals surface area contributed by atoms with Gasteiger partial charge in [-0.05, 0) is 247 Å². The zero-order valence-corrected chi connectivity index (χ0v) is 84.5. The van der Waals surface area contributed by atoms with E-state index in [1.807, 2.05) is 38.1 Å². The topological polar surface area (TPSA) is 444 Å². The molecular formula is C108H113F10N19O10S2. The lowest BCUT2D eigenvalue weighted by molar-refractivity contribution is -0.119. The Balaban J connectivity index is 0.000000157. The van der Waals surface area contributed by atoms with Crippen molar-refractivity contribution in [2.24, 2.45) is 46.6 Å². The molecule has 4 fully saturated rings. The number of likely N-dealkylation sites (N-methyl/N-ethyl adjacent to an activating group) is 2. The first-order valence-electron chi connectivity index (χ1n) is 48.3. The summed E-state index contributed by atoms with van der Waals surface area (Å²) in [7, 11) is 6.05. The molecule has 17 rings (SSSR count). The van der Waals surface area contributed by atoms with Crippen LogP contribution in [-0.2, 0) is 44.7 Å². The van der Waals surface area contributed by atoms with E-state index in [-0.39, 0.29) is 193 Å². The molecule has 0 bridgehead atoms. The Morgan fingerprint density at radius 2 is 0.725 bits per heavy atom. The molecule has 9 heterocycles. The number of carbonyl (C=O) groups excluding carboxylic acids is 7. The fraction of sp³-hybridized carbons (Fsp3) is 0.361. The molecule has 9 aromatic heterocycles. The number of methoxy groups -OCH3 is 2. The van der Waals surface area contributed by atoms with E-state index in [2.05, 4.69) is 63.8 Å². The van der Waals surface area contributed by atoms with Gasteiger partial charge in [-0.1, -0.05) is 74.6 Å². The van der Waals surface area contributed by atoms with Crippen molar-refractivity contribution in [1.82, 2.24) is 64.4 Å². The number of hydrogen-bond acceptors (Lipinski definition) is 28. The Bertz CT molecular complexity index is 6710. The van der Waals surface area contributed by atoms with Crippen LogP contribution in [0.3, 0.4) is 0 Å². The second kappa shape index (κ2) is 49.3. The molecule has 0 radical (unpaired) electrons. The van der Waals surface area contributed by atoms with Gasteiger partial charge in [0.25, 0.3) is 0 Å². The van der Waals surface area contributed by atoms with Gasteiger partial charge in [0.2, 0.25) is 0 Å². The van der Waals surface area contributed by atoms with E-state index in [0.717, 1.165) is 131 Å². The number of ether oxygens (including phenoxy) is 3. The summed E-state index contributed by atoms with van der Waals surface area (Å²) in [6.45, 7) is 10.1. The van der Waals surface area contributed by atoms with Crippen molar-refractivity contribution in [3.63, 3.8) is 0 Å². The molecule has 12 N–H and O–H groups in total. The fourth-order valence-electron chi connectivity index (χ4n) is 21.3. The van der Waals surface area contributed by atoms with Crippen molar-refractivity contribution >= 4 is 73.8 Å². The van der Waals surface area contributed by atoms with Gasteiger partial charge in [-0.25, -0.2) is 83.1 Å². The number of nitrogens with two attached hydrogens (primary N) is 6. The van der Waals surface area contributed by atoms with Crippen LogP contribution >= 0.6 is 22.7 Å². The van der Waals surface area contributed by atoms with Crippen LogP contribution in [0.15, 0.2) is 184 Å². The monoisotopic (exact) mass is 2090 g/mol. The molecule has 4 saturated carbocycles. The molecule has 149 heavy (non-hydrogen) atoms. The SMILES string of the molecule is CC(=O)CCO[C@H]1[C@H](C)C[C@H](c2ccncc2CC(=O)c2ccc(F)c(-c3c(F)cccc3F)n2)C[C@@H]1N.COC(=O)N(C)[C@@H]1[C@H](C)C[C@H](c2ccncc2CC(=O)c2nc(-c3c(F)cccc3F)sc2N)C[C@@H]1N.COC(=O)N(C)[C@@H]1[C@H](N)C[C@H](c2ccncc2CC(=O)c2nc(-c3c(F)cccc3F)sc2N)C[C@@H]1C.C[C@@H]1C[C@H](c2ccncc2CC(=O)c2ccc(F)c(-c3c(F)cccc3F)n2)C[C@H](N)[C@@H]1n1cncn1. The Morgan fingerprint density at radius 1 is 0.396 bits per heavy atom.